The Bertz CT molecular complexity index is 334. The summed E-state index contributed by atoms with van der Waals surface area (Å²) in [6, 6.07) is 4.37. The second kappa shape index (κ2) is 5.55. The van der Waals surface area contributed by atoms with Crippen molar-refractivity contribution < 1.29 is 4.74 Å². The van der Waals surface area contributed by atoms with Gasteiger partial charge in [-0.15, -0.1) is 0 Å². The van der Waals surface area contributed by atoms with Gasteiger partial charge in [-0.05, 0) is 48.9 Å². The van der Waals surface area contributed by atoms with Crippen LogP contribution in [0.15, 0.2) is 12.1 Å². The van der Waals surface area contributed by atoms with Crippen LogP contribution in [-0.2, 0) is 6.42 Å². The Morgan fingerprint density at radius 1 is 1.27 bits per heavy atom. The molecule has 1 nitrogen and oxygen atoms in total. The summed E-state index contributed by atoms with van der Waals surface area (Å²) in [5.41, 5.74) is 3.98. The fourth-order valence-corrected chi connectivity index (χ4v) is 1.95. The third-order valence-corrected chi connectivity index (χ3v) is 3.79. The first-order valence-corrected chi connectivity index (χ1v) is 6.40. The van der Waals surface area contributed by atoms with E-state index in [1.165, 1.54) is 16.7 Å². The van der Waals surface area contributed by atoms with Gasteiger partial charge in [0.15, 0.2) is 0 Å². The van der Waals surface area contributed by atoms with E-state index >= 15 is 0 Å². The lowest BCUT2D eigenvalue weighted by Gasteiger charge is -2.13. The molecule has 0 bridgehead atoms. The minimum atomic E-state index is 0.677. The third kappa shape index (κ3) is 3.23. The molecule has 0 aliphatic heterocycles. The Balaban J connectivity index is 2.95. The van der Waals surface area contributed by atoms with Crippen LogP contribution in [0.3, 0.4) is 0 Å². The SMILES string of the molecule is COc1cc(C)c(CC(C)CBr)cc1C. The second-order valence-electron chi connectivity index (χ2n) is 4.21. The van der Waals surface area contributed by atoms with Crippen LogP contribution in [0.4, 0.5) is 0 Å². The van der Waals surface area contributed by atoms with Crippen molar-refractivity contribution in [2.45, 2.75) is 27.2 Å². The highest BCUT2D eigenvalue weighted by molar-refractivity contribution is 9.09. The molecule has 1 rings (SSSR count). The van der Waals surface area contributed by atoms with Crippen molar-refractivity contribution in [1.82, 2.24) is 0 Å². The number of hydrogen-bond donors (Lipinski definition) is 0. The molecule has 1 aromatic rings. The molecule has 1 unspecified atom stereocenters. The zero-order valence-corrected chi connectivity index (χ0v) is 11.5. The topological polar surface area (TPSA) is 9.23 Å². The van der Waals surface area contributed by atoms with Gasteiger partial charge in [-0.2, -0.15) is 0 Å². The number of rotatable bonds is 4. The molecule has 1 atom stereocenters. The number of hydrogen-bond acceptors (Lipinski definition) is 1. The predicted molar refractivity (Wildman–Crippen MR) is 69.1 cm³/mol. The number of ether oxygens (including phenoxy) is 1. The third-order valence-electron chi connectivity index (χ3n) is 2.69. The zero-order valence-electron chi connectivity index (χ0n) is 9.93. The predicted octanol–water partition coefficient (Wildman–Crippen LogP) is 3.89. The molecule has 0 saturated heterocycles. The van der Waals surface area contributed by atoms with Crippen molar-refractivity contribution in [2.24, 2.45) is 5.92 Å². The largest absolute Gasteiger partial charge is 0.496 e. The van der Waals surface area contributed by atoms with Gasteiger partial charge in [0.1, 0.15) is 5.75 Å². The highest BCUT2D eigenvalue weighted by atomic mass is 79.9. The summed E-state index contributed by atoms with van der Waals surface area (Å²) >= 11 is 3.52. The van der Waals surface area contributed by atoms with Gasteiger partial charge >= 0.3 is 0 Å². The van der Waals surface area contributed by atoms with E-state index < -0.39 is 0 Å². The first-order chi connectivity index (χ1) is 7.08. The average molecular weight is 271 g/mol. The Morgan fingerprint density at radius 2 is 1.93 bits per heavy atom. The molecule has 0 radical (unpaired) electrons. The van der Waals surface area contributed by atoms with Crippen molar-refractivity contribution in [2.75, 3.05) is 12.4 Å². The van der Waals surface area contributed by atoms with Gasteiger partial charge in [0.2, 0.25) is 0 Å². The Kier molecular flexibility index (Phi) is 4.65. The van der Waals surface area contributed by atoms with E-state index in [1.807, 2.05) is 0 Å². The summed E-state index contributed by atoms with van der Waals surface area (Å²) in [6.07, 6.45) is 1.13. The van der Waals surface area contributed by atoms with Crippen molar-refractivity contribution in [3.8, 4) is 5.75 Å². The second-order valence-corrected chi connectivity index (χ2v) is 4.86. The quantitative estimate of drug-likeness (QED) is 0.755. The number of aryl methyl sites for hydroxylation is 2. The van der Waals surface area contributed by atoms with Gasteiger partial charge < -0.3 is 4.74 Å². The number of methoxy groups -OCH3 is 1. The molecule has 2 heteroatoms. The molecule has 0 aliphatic carbocycles. The standard InChI is InChI=1S/C13H19BrO/c1-9(8-14)5-12-6-11(3)13(15-4)7-10(12)2/h6-7,9H,5,8H2,1-4H3. The maximum atomic E-state index is 5.30. The minimum absolute atomic E-state index is 0.677. The lowest BCUT2D eigenvalue weighted by atomic mass is 9.96. The molecular formula is C13H19BrO. The molecule has 84 valence electrons. The molecule has 0 amide bonds. The maximum absolute atomic E-state index is 5.30. The normalized spacial score (nSPS) is 12.6. The Morgan fingerprint density at radius 3 is 2.47 bits per heavy atom. The van der Waals surface area contributed by atoms with Gasteiger partial charge in [0.05, 0.1) is 7.11 Å². The molecular weight excluding hydrogens is 252 g/mol. The maximum Gasteiger partial charge on any atom is 0.122 e. The van der Waals surface area contributed by atoms with E-state index in [0.717, 1.165) is 17.5 Å². The molecule has 0 N–H and O–H groups in total. The van der Waals surface area contributed by atoms with Gasteiger partial charge in [-0.1, -0.05) is 28.9 Å². The van der Waals surface area contributed by atoms with E-state index in [1.54, 1.807) is 7.11 Å². The van der Waals surface area contributed by atoms with Gasteiger partial charge in [-0.25, -0.2) is 0 Å². The van der Waals surface area contributed by atoms with Crippen LogP contribution in [0.2, 0.25) is 0 Å². The van der Waals surface area contributed by atoms with Crippen LogP contribution in [0, 0.1) is 19.8 Å². The molecule has 0 aliphatic rings. The van der Waals surface area contributed by atoms with Crippen LogP contribution in [-0.4, -0.2) is 12.4 Å². The van der Waals surface area contributed by atoms with Gasteiger partial charge in [0, 0.05) is 5.33 Å². The molecule has 1 aromatic carbocycles. The van der Waals surface area contributed by atoms with Crippen molar-refractivity contribution in [3.05, 3.63) is 28.8 Å². The van der Waals surface area contributed by atoms with Crippen molar-refractivity contribution >= 4 is 15.9 Å². The van der Waals surface area contributed by atoms with Crippen molar-refractivity contribution in [1.29, 1.82) is 0 Å². The molecule has 15 heavy (non-hydrogen) atoms. The molecule has 0 saturated carbocycles. The molecule has 0 heterocycles. The Labute approximate surface area is 101 Å². The van der Waals surface area contributed by atoms with Crippen LogP contribution in [0.5, 0.6) is 5.75 Å². The summed E-state index contributed by atoms with van der Waals surface area (Å²) < 4.78 is 5.30. The first kappa shape index (κ1) is 12.6. The number of benzene rings is 1. The summed E-state index contributed by atoms with van der Waals surface area (Å²) in [4.78, 5) is 0. The minimum Gasteiger partial charge on any atom is -0.496 e. The van der Waals surface area contributed by atoms with Crippen LogP contribution in [0.1, 0.15) is 23.6 Å². The molecule has 0 aromatic heterocycles. The lowest BCUT2D eigenvalue weighted by Crippen LogP contribution is -2.03. The monoisotopic (exact) mass is 270 g/mol. The lowest BCUT2D eigenvalue weighted by molar-refractivity contribution is 0.411. The van der Waals surface area contributed by atoms with Crippen LogP contribution >= 0.6 is 15.9 Å². The summed E-state index contributed by atoms with van der Waals surface area (Å²) in [5, 5.41) is 1.05. The fourth-order valence-electron chi connectivity index (χ4n) is 1.72. The fraction of sp³-hybridized carbons (Fsp3) is 0.538. The highest BCUT2D eigenvalue weighted by Crippen LogP contribution is 2.24. The zero-order chi connectivity index (χ0) is 11.4. The number of halogens is 1. The van der Waals surface area contributed by atoms with E-state index in [-0.39, 0.29) is 0 Å². The van der Waals surface area contributed by atoms with E-state index in [2.05, 4.69) is 48.8 Å². The highest BCUT2D eigenvalue weighted by Gasteiger charge is 2.08. The molecule has 0 fully saturated rings. The van der Waals surface area contributed by atoms with Crippen molar-refractivity contribution in [3.63, 3.8) is 0 Å². The van der Waals surface area contributed by atoms with Crippen LogP contribution < -0.4 is 4.74 Å². The summed E-state index contributed by atoms with van der Waals surface area (Å²) in [7, 11) is 1.72. The first-order valence-electron chi connectivity index (χ1n) is 5.28. The van der Waals surface area contributed by atoms with E-state index in [4.69, 9.17) is 4.74 Å². The summed E-state index contributed by atoms with van der Waals surface area (Å²) in [5.74, 6) is 1.67. The van der Waals surface area contributed by atoms with E-state index in [9.17, 15) is 0 Å². The van der Waals surface area contributed by atoms with Crippen LogP contribution in [0.25, 0.3) is 0 Å². The number of alkyl halides is 1. The molecule has 0 spiro atoms. The van der Waals surface area contributed by atoms with E-state index in [0.29, 0.717) is 5.92 Å². The van der Waals surface area contributed by atoms with Gasteiger partial charge in [0.25, 0.3) is 0 Å². The smallest absolute Gasteiger partial charge is 0.122 e. The Hall–Kier alpha value is -0.500. The van der Waals surface area contributed by atoms with Gasteiger partial charge in [-0.3, -0.25) is 0 Å². The summed E-state index contributed by atoms with van der Waals surface area (Å²) in [6.45, 7) is 6.51. The average Bonchev–Trinajstić information content (AvgIpc) is 2.22.